The van der Waals surface area contributed by atoms with Crippen molar-refractivity contribution >= 4 is 0 Å². The van der Waals surface area contributed by atoms with E-state index in [9.17, 15) is 0 Å². The maximum Gasteiger partial charge on any atom is 0.138 e. The quantitative estimate of drug-likeness (QED) is 0.677. The lowest BCUT2D eigenvalue weighted by Gasteiger charge is -2.02. The van der Waals surface area contributed by atoms with E-state index in [1.807, 2.05) is 0 Å². The third-order valence-corrected chi connectivity index (χ3v) is 2.72. The Morgan fingerprint density at radius 2 is 2.17 bits per heavy atom. The van der Waals surface area contributed by atoms with Crippen molar-refractivity contribution in [3.63, 3.8) is 0 Å². The number of nitrogens with zero attached hydrogens (tertiary/aromatic N) is 3. The summed E-state index contributed by atoms with van der Waals surface area (Å²) < 4.78 is 2.12. The molecule has 0 aliphatic heterocycles. The normalized spacial score (nSPS) is 23.0. The molecule has 0 aromatic carbocycles. The molecule has 3 heteroatoms. The zero-order valence-electron chi connectivity index (χ0n) is 7.11. The highest BCUT2D eigenvalue weighted by atomic mass is 15.3. The molecule has 2 saturated carbocycles. The van der Waals surface area contributed by atoms with Crippen LogP contribution in [0.15, 0.2) is 6.33 Å². The van der Waals surface area contributed by atoms with Gasteiger partial charge in [-0.25, -0.2) is 9.67 Å². The van der Waals surface area contributed by atoms with Gasteiger partial charge >= 0.3 is 0 Å². The van der Waals surface area contributed by atoms with Crippen LogP contribution in [-0.4, -0.2) is 14.8 Å². The van der Waals surface area contributed by atoms with Gasteiger partial charge in [0.25, 0.3) is 0 Å². The number of rotatable bonds is 3. The molecule has 12 heavy (non-hydrogen) atoms. The molecule has 0 radical (unpaired) electrons. The van der Waals surface area contributed by atoms with E-state index in [-0.39, 0.29) is 0 Å². The molecule has 64 valence electrons. The molecule has 3 rings (SSSR count). The lowest BCUT2D eigenvalue weighted by Crippen LogP contribution is -2.06. The average Bonchev–Trinajstić information content (AvgIpc) is 2.93. The maximum absolute atomic E-state index is 4.31. The molecule has 0 unspecified atom stereocenters. The van der Waals surface area contributed by atoms with Crippen molar-refractivity contribution in [3.8, 4) is 0 Å². The standard InChI is InChI=1S/C9H13N3/c1-2-7(1)5-12-9(8-3-4-8)10-6-11-12/h6-8H,1-5H2. The fourth-order valence-corrected chi connectivity index (χ4v) is 1.62. The summed E-state index contributed by atoms with van der Waals surface area (Å²) in [5.74, 6) is 2.89. The maximum atomic E-state index is 4.31. The molecule has 1 heterocycles. The highest BCUT2D eigenvalue weighted by molar-refractivity contribution is 5.04. The van der Waals surface area contributed by atoms with E-state index in [0.29, 0.717) is 0 Å². The summed E-state index contributed by atoms with van der Waals surface area (Å²) in [6, 6.07) is 0. The molecule has 2 fully saturated rings. The van der Waals surface area contributed by atoms with E-state index >= 15 is 0 Å². The topological polar surface area (TPSA) is 30.7 Å². The number of aromatic nitrogens is 3. The first-order valence-corrected chi connectivity index (χ1v) is 4.81. The lowest BCUT2D eigenvalue weighted by molar-refractivity contribution is 0.536. The Morgan fingerprint density at radius 1 is 1.33 bits per heavy atom. The Bertz CT molecular complexity index is 284. The predicted molar refractivity (Wildman–Crippen MR) is 44.7 cm³/mol. The van der Waals surface area contributed by atoms with E-state index in [4.69, 9.17) is 0 Å². The van der Waals surface area contributed by atoms with Crippen molar-refractivity contribution in [1.29, 1.82) is 0 Å². The first-order valence-electron chi connectivity index (χ1n) is 4.81. The second kappa shape index (κ2) is 2.31. The molecule has 1 aromatic rings. The fourth-order valence-electron chi connectivity index (χ4n) is 1.62. The van der Waals surface area contributed by atoms with E-state index in [0.717, 1.165) is 18.4 Å². The second-order valence-electron chi connectivity index (χ2n) is 4.02. The Labute approximate surface area is 71.8 Å². The van der Waals surface area contributed by atoms with Gasteiger partial charge in [0.1, 0.15) is 12.2 Å². The molecule has 0 N–H and O–H groups in total. The largest absolute Gasteiger partial charge is 0.250 e. The minimum absolute atomic E-state index is 0.742. The average molecular weight is 163 g/mol. The SMILES string of the molecule is c1nc(C2CC2)n(CC2CC2)n1. The molecule has 0 atom stereocenters. The Hall–Kier alpha value is -0.860. The van der Waals surface area contributed by atoms with Crippen molar-refractivity contribution in [3.05, 3.63) is 12.2 Å². The van der Waals surface area contributed by atoms with Crippen molar-refractivity contribution in [2.75, 3.05) is 0 Å². The van der Waals surface area contributed by atoms with Gasteiger partial charge in [-0.1, -0.05) is 0 Å². The lowest BCUT2D eigenvalue weighted by atomic mass is 10.3. The second-order valence-corrected chi connectivity index (χ2v) is 4.02. The van der Waals surface area contributed by atoms with Crippen LogP contribution in [0.25, 0.3) is 0 Å². The smallest absolute Gasteiger partial charge is 0.138 e. The summed E-state index contributed by atoms with van der Waals surface area (Å²) in [5.41, 5.74) is 0. The highest BCUT2D eigenvalue weighted by Gasteiger charge is 2.30. The van der Waals surface area contributed by atoms with E-state index < -0.39 is 0 Å². The summed E-state index contributed by atoms with van der Waals surface area (Å²) in [6.07, 6.45) is 7.14. The van der Waals surface area contributed by atoms with Crippen molar-refractivity contribution in [2.24, 2.45) is 5.92 Å². The minimum Gasteiger partial charge on any atom is -0.250 e. The first-order chi connectivity index (χ1) is 5.93. The third-order valence-electron chi connectivity index (χ3n) is 2.72. The molecule has 2 aliphatic carbocycles. The van der Waals surface area contributed by atoms with Crippen molar-refractivity contribution < 1.29 is 0 Å². The molecular formula is C9H13N3. The Kier molecular flexibility index (Phi) is 1.28. The molecular weight excluding hydrogens is 150 g/mol. The van der Waals surface area contributed by atoms with Gasteiger partial charge in [-0.05, 0) is 31.6 Å². The van der Waals surface area contributed by atoms with Crippen LogP contribution in [0.5, 0.6) is 0 Å². The van der Waals surface area contributed by atoms with Gasteiger partial charge in [-0.3, -0.25) is 0 Å². The molecule has 0 amide bonds. The molecule has 0 saturated heterocycles. The summed E-state index contributed by atoms with van der Waals surface area (Å²) in [5, 5.41) is 4.26. The zero-order chi connectivity index (χ0) is 7.97. The summed E-state index contributed by atoms with van der Waals surface area (Å²) in [6.45, 7) is 1.12. The zero-order valence-corrected chi connectivity index (χ0v) is 7.11. The molecule has 0 spiro atoms. The van der Waals surface area contributed by atoms with E-state index in [2.05, 4.69) is 14.8 Å². The van der Waals surface area contributed by atoms with Crippen LogP contribution < -0.4 is 0 Å². The molecule has 1 aromatic heterocycles. The summed E-state index contributed by atoms with van der Waals surface area (Å²) in [7, 11) is 0. The summed E-state index contributed by atoms with van der Waals surface area (Å²) >= 11 is 0. The predicted octanol–water partition coefficient (Wildman–Crippen LogP) is 1.57. The summed E-state index contributed by atoms with van der Waals surface area (Å²) in [4.78, 5) is 4.31. The number of hydrogen-bond donors (Lipinski definition) is 0. The Balaban J connectivity index is 1.81. The number of hydrogen-bond acceptors (Lipinski definition) is 2. The first kappa shape index (κ1) is 6.63. The van der Waals surface area contributed by atoms with Gasteiger partial charge in [-0.15, -0.1) is 0 Å². The molecule has 0 bridgehead atoms. The van der Waals surface area contributed by atoms with Crippen LogP contribution in [0.2, 0.25) is 0 Å². The van der Waals surface area contributed by atoms with E-state index in [1.54, 1.807) is 6.33 Å². The van der Waals surface area contributed by atoms with Gasteiger partial charge in [-0.2, -0.15) is 5.10 Å². The van der Waals surface area contributed by atoms with Crippen LogP contribution in [0, 0.1) is 5.92 Å². The minimum atomic E-state index is 0.742. The fraction of sp³-hybridized carbons (Fsp3) is 0.778. The van der Waals surface area contributed by atoms with Gasteiger partial charge in [0, 0.05) is 12.5 Å². The van der Waals surface area contributed by atoms with Crippen LogP contribution in [0.3, 0.4) is 0 Å². The van der Waals surface area contributed by atoms with Crippen LogP contribution in [-0.2, 0) is 6.54 Å². The monoisotopic (exact) mass is 163 g/mol. The van der Waals surface area contributed by atoms with Gasteiger partial charge < -0.3 is 0 Å². The van der Waals surface area contributed by atoms with Gasteiger partial charge in [0.2, 0.25) is 0 Å². The molecule has 2 aliphatic rings. The van der Waals surface area contributed by atoms with Crippen molar-refractivity contribution in [2.45, 2.75) is 38.1 Å². The van der Waals surface area contributed by atoms with Crippen LogP contribution in [0.1, 0.15) is 37.4 Å². The van der Waals surface area contributed by atoms with Gasteiger partial charge in [0.15, 0.2) is 0 Å². The van der Waals surface area contributed by atoms with Gasteiger partial charge in [0.05, 0.1) is 0 Å². The molecule has 3 nitrogen and oxygen atoms in total. The Morgan fingerprint density at radius 3 is 2.83 bits per heavy atom. The van der Waals surface area contributed by atoms with E-state index in [1.165, 1.54) is 31.5 Å². The van der Waals surface area contributed by atoms with Crippen molar-refractivity contribution in [1.82, 2.24) is 14.8 Å². The van der Waals surface area contributed by atoms with Crippen LogP contribution in [0.4, 0.5) is 0 Å². The third kappa shape index (κ3) is 1.13. The van der Waals surface area contributed by atoms with Crippen LogP contribution >= 0.6 is 0 Å². The highest BCUT2D eigenvalue weighted by Crippen LogP contribution is 2.39.